The molecule has 1 aromatic carbocycles. The van der Waals surface area contributed by atoms with E-state index in [9.17, 15) is 4.79 Å². The molecular weight excluding hydrogens is 304 g/mol. The third-order valence-electron chi connectivity index (χ3n) is 4.71. The van der Waals surface area contributed by atoms with Gasteiger partial charge in [0.15, 0.2) is 6.61 Å². The van der Waals surface area contributed by atoms with Crippen molar-refractivity contribution in [2.75, 3.05) is 39.5 Å². The van der Waals surface area contributed by atoms with Crippen molar-refractivity contribution < 1.29 is 14.3 Å². The second-order valence-corrected chi connectivity index (χ2v) is 6.75. The molecule has 134 valence electrons. The van der Waals surface area contributed by atoms with Gasteiger partial charge in [-0.05, 0) is 37.0 Å². The molecule has 24 heavy (non-hydrogen) atoms. The topological polar surface area (TPSA) is 50.8 Å². The molecule has 0 radical (unpaired) electrons. The van der Waals surface area contributed by atoms with Gasteiger partial charge < -0.3 is 14.8 Å². The van der Waals surface area contributed by atoms with Gasteiger partial charge in [0.05, 0.1) is 13.2 Å². The number of hydrogen-bond donors (Lipinski definition) is 1. The van der Waals surface area contributed by atoms with Crippen molar-refractivity contribution in [1.29, 1.82) is 0 Å². The number of ether oxygens (including phenoxy) is 2. The largest absolute Gasteiger partial charge is 0.483 e. The number of amides is 1. The molecule has 1 saturated heterocycles. The molecule has 0 bridgehead atoms. The average Bonchev–Trinajstić information content (AvgIpc) is 2.57. The summed E-state index contributed by atoms with van der Waals surface area (Å²) in [4.78, 5) is 14.5. The van der Waals surface area contributed by atoms with Crippen LogP contribution in [0.15, 0.2) is 18.2 Å². The Morgan fingerprint density at radius 2 is 2.00 bits per heavy atom. The highest BCUT2D eigenvalue weighted by Crippen LogP contribution is 2.20. The number of benzene rings is 1. The van der Waals surface area contributed by atoms with E-state index < -0.39 is 0 Å². The zero-order valence-corrected chi connectivity index (χ0v) is 15.3. The minimum atomic E-state index is -0.0742. The van der Waals surface area contributed by atoms with Crippen LogP contribution >= 0.6 is 0 Å². The summed E-state index contributed by atoms with van der Waals surface area (Å²) in [7, 11) is 0. The van der Waals surface area contributed by atoms with E-state index >= 15 is 0 Å². The van der Waals surface area contributed by atoms with Crippen LogP contribution in [0.1, 0.15) is 25.0 Å². The highest BCUT2D eigenvalue weighted by molar-refractivity contribution is 5.77. The van der Waals surface area contributed by atoms with E-state index in [0.29, 0.717) is 18.5 Å². The van der Waals surface area contributed by atoms with Crippen LogP contribution in [0.3, 0.4) is 0 Å². The van der Waals surface area contributed by atoms with E-state index in [2.05, 4.69) is 24.1 Å². The highest BCUT2D eigenvalue weighted by Gasteiger charge is 2.24. The summed E-state index contributed by atoms with van der Waals surface area (Å²) in [5.41, 5.74) is 2.25. The van der Waals surface area contributed by atoms with Gasteiger partial charge in [-0.3, -0.25) is 9.69 Å². The van der Waals surface area contributed by atoms with Gasteiger partial charge in [-0.1, -0.05) is 26.0 Å². The molecule has 1 atom stereocenters. The Kier molecular flexibility index (Phi) is 7.06. The summed E-state index contributed by atoms with van der Waals surface area (Å²) in [5, 5.41) is 3.02. The first-order chi connectivity index (χ1) is 11.5. The third-order valence-corrected chi connectivity index (χ3v) is 4.71. The van der Waals surface area contributed by atoms with Crippen LogP contribution in [0.5, 0.6) is 5.75 Å². The molecule has 2 rings (SSSR count). The predicted octanol–water partition coefficient (Wildman–Crippen LogP) is 2.16. The van der Waals surface area contributed by atoms with Crippen LogP contribution in [0.4, 0.5) is 0 Å². The number of hydrogen-bond acceptors (Lipinski definition) is 4. The second-order valence-electron chi connectivity index (χ2n) is 6.75. The normalized spacial score (nSPS) is 16.9. The van der Waals surface area contributed by atoms with Gasteiger partial charge >= 0.3 is 0 Å². The maximum atomic E-state index is 12.1. The average molecular weight is 334 g/mol. The van der Waals surface area contributed by atoms with E-state index in [1.54, 1.807) is 0 Å². The van der Waals surface area contributed by atoms with E-state index in [1.165, 1.54) is 5.56 Å². The minimum absolute atomic E-state index is 0.0538. The van der Waals surface area contributed by atoms with Gasteiger partial charge in [0.2, 0.25) is 0 Å². The molecule has 1 unspecified atom stereocenters. The predicted molar refractivity (Wildman–Crippen MR) is 95.4 cm³/mol. The van der Waals surface area contributed by atoms with Gasteiger partial charge in [0.25, 0.3) is 5.91 Å². The fourth-order valence-corrected chi connectivity index (χ4v) is 2.99. The number of rotatable bonds is 7. The van der Waals surface area contributed by atoms with Gasteiger partial charge in [-0.15, -0.1) is 0 Å². The standard InChI is InChI=1S/C19H30N2O3/c1-14(2)17(21-8-10-23-11-9-21)12-20-19(22)13-24-18-7-5-6-15(3)16(18)4/h5-7,14,17H,8-13H2,1-4H3,(H,20,22). The fraction of sp³-hybridized carbons (Fsp3) is 0.632. The Labute approximate surface area is 145 Å². The lowest BCUT2D eigenvalue weighted by Gasteiger charge is -2.36. The summed E-state index contributed by atoms with van der Waals surface area (Å²) in [5.74, 6) is 1.18. The van der Waals surface area contributed by atoms with Crippen molar-refractivity contribution in [2.24, 2.45) is 5.92 Å². The number of aryl methyl sites for hydroxylation is 1. The summed E-state index contributed by atoms with van der Waals surface area (Å²) >= 11 is 0. The van der Waals surface area contributed by atoms with E-state index in [-0.39, 0.29) is 12.5 Å². The van der Waals surface area contributed by atoms with Crippen molar-refractivity contribution in [2.45, 2.75) is 33.7 Å². The monoisotopic (exact) mass is 334 g/mol. The summed E-state index contributed by atoms with van der Waals surface area (Å²) in [6, 6.07) is 6.22. The Hall–Kier alpha value is -1.59. The number of carbonyl (C=O) groups excluding carboxylic acids is 1. The van der Waals surface area contributed by atoms with Crippen LogP contribution in [-0.2, 0) is 9.53 Å². The number of nitrogens with zero attached hydrogens (tertiary/aromatic N) is 1. The Balaban J connectivity index is 1.81. The van der Waals surface area contributed by atoms with E-state index in [1.807, 2.05) is 32.0 Å². The maximum absolute atomic E-state index is 12.1. The van der Waals surface area contributed by atoms with Gasteiger partial charge in [-0.2, -0.15) is 0 Å². The fourth-order valence-electron chi connectivity index (χ4n) is 2.99. The number of nitrogens with one attached hydrogen (secondary N) is 1. The van der Waals surface area contributed by atoms with Crippen LogP contribution in [-0.4, -0.2) is 56.3 Å². The molecule has 0 saturated carbocycles. The molecule has 1 aliphatic heterocycles. The van der Waals surface area contributed by atoms with Gasteiger partial charge in [0, 0.05) is 25.7 Å². The molecule has 1 amide bonds. The smallest absolute Gasteiger partial charge is 0.257 e. The van der Waals surface area contributed by atoms with Gasteiger partial charge in [0.1, 0.15) is 5.75 Å². The lowest BCUT2D eigenvalue weighted by Crippen LogP contribution is -2.51. The summed E-state index contributed by atoms with van der Waals surface area (Å²) < 4.78 is 11.1. The van der Waals surface area contributed by atoms with Crippen molar-refractivity contribution in [3.63, 3.8) is 0 Å². The second kappa shape index (κ2) is 9.04. The SMILES string of the molecule is Cc1cccc(OCC(=O)NCC(C(C)C)N2CCOCC2)c1C. The summed E-state index contributed by atoms with van der Waals surface area (Å²) in [6.07, 6.45) is 0. The van der Waals surface area contributed by atoms with Crippen molar-refractivity contribution >= 4 is 5.91 Å². The maximum Gasteiger partial charge on any atom is 0.257 e. The van der Waals surface area contributed by atoms with Gasteiger partial charge in [-0.25, -0.2) is 0 Å². The number of carbonyl (C=O) groups is 1. The molecule has 0 spiro atoms. The molecule has 1 N–H and O–H groups in total. The van der Waals surface area contributed by atoms with Crippen molar-refractivity contribution in [3.05, 3.63) is 29.3 Å². The van der Waals surface area contributed by atoms with E-state index in [4.69, 9.17) is 9.47 Å². The molecule has 5 heteroatoms. The minimum Gasteiger partial charge on any atom is -0.483 e. The molecule has 0 aromatic heterocycles. The zero-order valence-electron chi connectivity index (χ0n) is 15.3. The molecule has 1 aliphatic rings. The molecular formula is C19H30N2O3. The Bertz CT molecular complexity index is 539. The lowest BCUT2D eigenvalue weighted by molar-refractivity contribution is -0.123. The highest BCUT2D eigenvalue weighted by atomic mass is 16.5. The first-order valence-corrected chi connectivity index (χ1v) is 8.76. The molecule has 5 nitrogen and oxygen atoms in total. The van der Waals surface area contributed by atoms with Crippen LogP contribution in [0.2, 0.25) is 0 Å². The third kappa shape index (κ3) is 5.21. The molecule has 1 heterocycles. The molecule has 1 fully saturated rings. The van der Waals surface area contributed by atoms with Crippen LogP contribution in [0.25, 0.3) is 0 Å². The van der Waals surface area contributed by atoms with Crippen LogP contribution in [0, 0.1) is 19.8 Å². The van der Waals surface area contributed by atoms with Crippen molar-refractivity contribution in [3.8, 4) is 5.75 Å². The Morgan fingerprint density at radius 3 is 2.67 bits per heavy atom. The quantitative estimate of drug-likeness (QED) is 0.830. The Morgan fingerprint density at radius 1 is 1.29 bits per heavy atom. The van der Waals surface area contributed by atoms with E-state index in [0.717, 1.165) is 37.6 Å². The molecule has 1 aromatic rings. The summed E-state index contributed by atoms with van der Waals surface area (Å²) in [6.45, 7) is 12.5. The van der Waals surface area contributed by atoms with Crippen LogP contribution < -0.4 is 10.1 Å². The lowest BCUT2D eigenvalue weighted by atomic mass is 10.0. The molecule has 0 aliphatic carbocycles. The first kappa shape index (κ1) is 18.7. The first-order valence-electron chi connectivity index (χ1n) is 8.76. The zero-order chi connectivity index (χ0) is 17.5. The number of morpholine rings is 1. The van der Waals surface area contributed by atoms with Crippen molar-refractivity contribution in [1.82, 2.24) is 10.2 Å².